The van der Waals surface area contributed by atoms with Gasteiger partial charge in [0, 0.05) is 11.6 Å². The molecule has 2 aromatic heterocycles. The summed E-state index contributed by atoms with van der Waals surface area (Å²) in [7, 11) is 0. The first kappa shape index (κ1) is 15.2. The van der Waals surface area contributed by atoms with Crippen LogP contribution in [0, 0.1) is 18.3 Å². The second-order valence-corrected chi connectivity index (χ2v) is 6.94. The molecule has 4 heteroatoms. The standard InChI is InChI=1S/C19H20N4/c1-13-9-16-17(21-11-13)23(18(22-16)19(2,3)4)12-15-7-5-14(10-20)6-8-15/h5-9,11H,12H2,1-4H3. The summed E-state index contributed by atoms with van der Waals surface area (Å²) in [5, 5.41) is 8.93. The molecule has 116 valence electrons. The molecule has 0 saturated heterocycles. The molecule has 0 aliphatic carbocycles. The second kappa shape index (κ2) is 5.51. The van der Waals surface area contributed by atoms with E-state index in [1.165, 1.54) is 0 Å². The van der Waals surface area contributed by atoms with Crippen molar-refractivity contribution >= 4 is 11.2 Å². The molecule has 0 amide bonds. The Morgan fingerprint density at radius 1 is 1.17 bits per heavy atom. The van der Waals surface area contributed by atoms with Crippen LogP contribution in [0.3, 0.4) is 0 Å². The molecule has 0 saturated carbocycles. The van der Waals surface area contributed by atoms with Crippen LogP contribution in [-0.4, -0.2) is 14.5 Å². The van der Waals surface area contributed by atoms with Gasteiger partial charge in [-0.25, -0.2) is 9.97 Å². The number of pyridine rings is 1. The summed E-state index contributed by atoms with van der Waals surface area (Å²) in [5.41, 5.74) is 4.70. The number of rotatable bonds is 2. The van der Waals surface area contributed by atoms with Crippen LogP contribution in [0.5, 0.6) is 0 Å². The lowest BCUT2D eigenvalue weighted by molar-refractivity contribution is 0.515. The zero-order valence-corrected chi connectivity index (χ0v) is 14.0. The van der Waals surface area contributed by atoms with Crippen molar-refractivity contribution in [3.8, 4) is 6.07 Å². The molecule has 0 N–H and O–H groups in total. The first-order valence-electron chi connectivity index (χ1n) is 7.71. The highest BCUT2D eigenvalue weighted by molar-refractivity contribution is 5.72. The predicted molar refractivity (Wildman–Crippen MR) is 91.2 cm³/mol. The molecule has 3 aromatic rings. The van der Waals surface area contributed by atoms with Crippen LogP contribution >= 0.6 is 0 Å². The minimum Gasteiger partial charge on any atom is -0.308 e. The molecular formula is C19H20N4. The molecule has 0 atom stereocenters. The molecule has 0 fully saturated rings. The summed E-state index contributed by atoms with van der Waals surface area (Å²) >= 11 is 0. The average Bonchev–Trinajstić information content (AvgIpc) is 2.86. The monoisotopic (exact) mass is 304 g/mol. The Balaban J connectivity index is 2.12. The van der Waals surface area contributed by atoms with Crippen molar-refractivity contribution in [1.29, 1.82) is 5.26 Å². The zero-order valence-electron chi connectivity index (χ0n) is 14.0. The minimum atomic E-state index is -0.0683. The summed E-state index contributed by atoms with van der Waals surface area (Å²) in [6.45, 7) is 9.22. The number of nitriles is 1. The normalized spacial score (nSPS) is 11.6. The van der Waals surface area contributed by atoms with Gasteiger partial charge in [-0.05, 0) is 36.2 Å². The largest absolute Gasteiger partial charge is 0.308 e. The summed E-state index contributed by atoms with van der Waals surface area (Å²) in [5.74, 6) is 1.02. The highest BCUT2D eigenvalue weighted by Crippen LogP contribution is 2.26. The highest BCUT2D eigenvalue weighted by Gasteiger charge is 2.23. The van der Waals surface area contributed by atoms with Gasteiger partial charge in [-0.3, -0.25) is 0 Å². The molecule has 0 aliphatic heterocycles. The van der Waals surface area contributed by atoms with Gasteiger partial charge >= 0.3 is 0 Å². The lowest BCUT2D eigenvalue weighted by Crippen LogP contribution is -2.19. The van der Waals surface area contributed by atoms with Gasteiger partial charge < -0.3 is 4.57 Å². The Morgan fingerprint density at radius 3 is 2.48 bits per heavy atom. The molecule has 4 nitrogen and oxygen atoms in total. The molecule has 2 heterocycles. The van der Waals surface area contributed by atoms with Gasteiger partial charge in [0.15, 0.2) is 5.65 Å². The predicted octanol–water partition coefficient (Wildman–Crippen LogP) is 3.96. The van der Waals surface area contributed by atoms with Gasteiger partial charge in [0.1, 0.15) is 11.3 Å². The summed E-state index contributed by atoms with van der Waals surface area (Å²) in [6.07, 6.45) is 1.88. The fourth-order valence-corrected chi connectivity index (χ4v) is 2.70. The van der Waals surface area contributed by atoms with Crippen LogP contribution < -0.4 is 0 Å². The fourth-order valence-electron chi connectivity index (χ4n) is 2.70. The van der Waals surface area contributed by atoms with E-state index in [0.717, 1.165) is 28.1 Å². The Bertz CT molecular complexity index is 890. The smallest absolute Gasteiger partial charge is 0.160 e. The van der Waals surface area contributed by atoms with Crippen LogP contribution in [0.4, 0.5) is 0 Å². The number of aryl methyl sites for hydroxylation is 1. The number of hydrogen-bond acceptors (Lipinski definition) is 3. The molecular weight excluding hydrogens is 284 g/mol. The van der Waals surface area contributed by atoms with Gasteiger partial charge in [-0.15, -0.1) is 0 Å². The quantitative estimate of drug-likeness (QED) is 0.720. The van der Waals surface area contributed by atoms with E-state index in [0.29, 0.717) is 12.1 Å². The Labute approximate surface area is 136 Å². The number of hydrogen-bond donors (Lipinski definition) is 0. The summed E-state index contributed by atoms with van der Waals surface area (Å²) < 4.78 is 2.18. The van der Waals surface area contributed by atoms with E-state index in [1.807, 2.05) is 37.4 Å². The Morgan fingerprint density at radius 2 is 1.87 bits per heavy atom. The van der Waals surface area contributed by atoms with Crippen molar-refractivity contribution < 1.29 is 0 Å². The maximum Gasteiger partial charge on any atom is 0.160 e. The van der Waals surface area contributed by atoms with E-state index < -0.39 is 0 Å². The van der Waals surface area contributed by atoms with E-state index in [2.05, 4.69) is 42.5 Å². The van der Waals surface area contributed by atoms with Gasteiger partial charge in [-0.1, -0.05) is 32.9 Å². The summed E-state index contributed by atoms with van der Waals surface area (Å²) in [6, 6.07) is 11.9. The molecule has 3 rings (SSSR count). The van der Waals surface area contributed by atoms with Crippen LogP contribution in [0.2, 0.25) is 0 Å². The van der Waals surface area contributed by atoms with Crippen molar-refractivity contribution in [2.45, 2.75) is 39.7 Å². The van der Waals surface area contributed by atoms with Crippen molar-refractivity contribution in [3.05, 3.63) is 59.0 Å². The molecule has 0 unspecified atom stereocenters. The fraction of sp³-hybridized carbons (Fsp3) is 0.316. The van der Waals surface area contributed by atoms with Gasteiger partial charge in [0.2, 0.25) is 0 Å². The van der Waals surface area contributed by atoms with Crippen LogP contribution in [0.25, 0.3) is 11.2 Å². The van der Waals surface area contributed by atoms with E-state index in [9.17, 15) is 0 Å². The topological polar surface area (TPSA) is 54.5 Å². The number of aromatic nitrogens is 3. The number of benzene rings is 1. The lowest BCUT2D eigenvalue weighted by Gasteiger charge is -2.20. The first-order valence-corrected chi connectivity index (χ1v) is 7.71. The van der Waals surface area contributed by atoms with Crippen molar-refractivity contribution in [2.75, 3.05) is 0 Å². The molecule has 0 aliphatic rings. The first-order chi connectivity index (χ1) is 10.9. The van der Waals surface area contributed by atoms with E-state index in [-0.39, 0.29) is 5.41 Å². The third-order valence-corrected chi connectivity index (χ3v) is 3.82. The van der Waals surface area contributed by atoms with Gasteiger partial charge in [-0.2, -0.15) is 5.26 Å². The van der Waals surface area contributed by atoms with Crippen LogP contribution in [0.15, 0.2) is 36.5 Å². The lowest BCUT2D eigenvalue weighted by atomic mass is 9.95. The number of fused-ring (bicyclic) bond motifs is 1. The van der Waals surface area contributed by atoms with Crippen molar-refractivity contribution in [1.82, 2.24) is 14.5 Å². The van der Waals surface area contributed by atoms with Gasteiger partial charge in [0.25, 0.3) is 0 Å². The van der Waals surface area contributed by atoms with Crippen LogP contribution in [-0.2, 0) is 12.0 Å². The molecule has 0 spiro atoms. The van der Waals surface area contributed by atoms with E-state index >= 15 is 0 Å². The molecule has 0 bridgehead atoms. The van der Waals surface area contributed by atoms with Crippen LogP contribution in [0.1, 0.15) is 43.3 Å². The third-order valence-electron chi connectivity index (χ3n) is 3.82. The number of nitrogens with zero attached hydrogens (tertiary/aromatic N) is 4. The maximum absolute atomic E-state index is 8.93. The van der Waals surface area contributed by atoms with Gasteiger partial charge in [0.05, 0.1) is 18.2 Å². The third kappa shape index (κ3) is 2.95. The molecule has 1 aromatic carbocycles. The molecule has 23 heavy (non-hydrogen) atoms. The van der Waals surface area contributed by atoms with Crippen molar-refractivity contribution in [2.24, 2.45) is 0 Å². The number of imidazole rings is 1. The van der Waals surface area contributed by atoms with E-state index in [1.54, 1.807) is 0 Å². The second-order valence-electron chi connectivity index (χ2n) is 6.94. The Hall–Kier alpha value is -2.67. The summed E-state index contributed by atoms with van der Waals surface area (Å²) in [4.78, 5) is 9.42. The minimum absolute atomic E-state index is 0.0683. The SMILES string of the molecule is Cc1cnc2c(c1)nc(C(C)(C)C)n2Cc1ccc(C#N)cc1. The molecule has 0 radical (unpaired) electrons. The average molecular weight is 304 g/mol. The zero-order chi connectivity index (χ0) is 16.6. The van der Waals surface area contributed by atoms with Crippen molar-refractivity contribution in [3.63, 3.8) is 0 Å². The Kier molecular flexibility index (Phi) is 3.65. The highest BCUT2D eigenvalue weighted by atomic mass is 15.1. The van der Waals surface area contributed by atoms with E-state index in [4.69, 9.17) is 10.2 Å². The maximum atomic E-state index is 8.93.